The molecule has 1 aromatic heterocycles. The first-order valence-corrected chi connectivity index (χ1v) is 6.61. The highest BCUT2D eigenvalue weighted by Crippen LogP contribution is 2.20. The molecule has 0 radical (unpaired) electrons. The van der Waals surface area contributed by atoms with Gasteiger partial charge >= 0.3 is 6.01 Å². The van der Waals surface area contributed by atoms with Crippen LogP contribution in [-0.4, -0.2) is 34.8 Å². The van der Waals surface area contributed by atoms with E-state index in [1.165, 1.54) is 0 Å². The first-order valence-electron chi connectivity index (χ1n) is 6.61. The number of aryl methyl sites for hydroxylation is 1. The summed E-state index contributed by atoms with van der Waals surface area (Å²) in [6, 6.07) is 5.91. The number of nitrogens with zero attached hydrogens (tertiary/aromatic N) is 2. The lowest BCUT2D eigenvalue weighted by Gasteiger charge is -2.09. The predicted octanol–water partition coefficient (Wildman–Crippen LogP) is 1.70. The number of methoxy groups -OCH3 is 1. The third-order valence-electron chi connectivity index (χ3n) is 2.78. The third kappa shape index (κ3) is 3.95. The summed E-state index contributed by atoms with van der Waals surface area (Å²) in [5.74, 6) is 0.733. The van der Waals surface area contributed by atoms with Crippen LogP contribution in [0.5, 0.6) is 11.8 Å². The van der Waals surface area contributed by atoms with Crippen molar-refractivity contribution in [2.24, 2.45) is 0 Å². The summed E-state index contributed by atoms with van der Waals surface area (Å²) in [4.78, 5) is 16.0. The van der Waals surface area contributed by atoms with E-state index < -0.39 is 0 Å². The smallest absolute Gasteiger partial charge is 0.337 e. The highest BCUT2D eigenvalue weighted by molar-refractivity contribution is 5.91. The van der Waals surface area contributed by atoms with Crippen LogP contribution in [0, 0.1) is 6.92 Å². The van der Waals surface area contributed by atoms with E-state index in [4.69, 9.17) is 9.47 Å². The molecule has 2 aromatic rings. The lowest BCUT2D eigenvalue weighted by Crippen LogP contribution is -2.16. The predicted molar refractivity (Wildman–Crippen MR) is 77.6 cm³/mol. The van der Waals surface area contributed by atoms with Crippen LogP contribution in [-0.2, 0) is 11.2 Å². The van der Waals surface area contributed by atoms with Crippen LogP contribution in [0.15, 0.2) is 18.2 Å². The molecule has 7 heteroatoms. The van der Waals surface area contributed by atoms with Crippen LogP contribution in [0.4, 0.5) is 5.95 Å². The lowest BCUT2D eigenvalue weighted by atomic mass is 10.1. The van der Waals surface area contributed by atoms with Crippen molar-refractivity contribution in [3.05, 3.63) is 29.3 Å². The molecule has 0 aliphatic rings. The van der Waals surface area contributed by atoms with Crippen LogP contribution >= 0.6 is 0 Å². The minimum atomic E-state index is -0.210. The second-order valence-corrected chi connectivity index (χ2v) is 4.44. The molecule has 0 atom stereocenters. The van der Waals surface area contributed by atoms with Crippen molar-refractivity contribution < 1.29 is 14.3 Å². The number of nitrogens with one attached hydrogen (secondary N) is 2. The topological polar surface area (TPSA) is 89.1 Å². The summed E-state index contributed by atoms with van der Waals surface area (Å²) >= 11 is 0. The Hall–Kier alpha value is -2.57. The molecule has 1 aromatic carbocycles. The molecular weight excluding hydrogens is 272 g/mol. The largest absolute Gasteiger partial charge is 0.496 e. The van der Waals surface area contributed by atoms with Crippen LogP contribution in [0.1, 0.15) is 18.1 Å². The maximum absolute atomic E-state index is 12.0. The molecular formula is C14H18N4O3. The maximum atomic E-state index is 12.0. The zero-order chi connectivity index (χ0) is 15.2. The van der Waals surface area contributed by atoms with Crippen molar-refractivity contribution in [2.45, 2.75) is 20.3 Å². The molecule has 2 N–H and O–H groups in total. The van der Waals surface area contributed by atoms with Gasteiger partial charge in [-0.1, -0.05) is 17.7 Å². The van der Waals surface area contributed by atoms with Gasteiger partial charge in [0.05, 0.1) is 20.1 Å². The quantitative estimate of drug-likeness (QED) is 0.845. The SMILES string of the molecule is CCOc1n[nH]c(NC(=O)Cc2cc(C)ccc2OC)n1. The van der Waals surface area contributed by atoms with Crippen molar-refractivity contribution in [3.8, 4) is 11.8 Å². The number of carbonyl (C=O) groups is 1. The van der Waals surface area contributed by atoms with E-state index in [0.717, 1.165) is 11.1 Å². The number of hydrogen-bond acceptors (Lipinski definition) is 5. The average molecular weight is 290 g/mol. The molecule has 0 unspecified atom stereocenters. The van der Waals surface area contributed by atoms with Gasteiger partial charge in [-0.25, -0.2) is 5.10 Å². The van der Waals surface area contributed by atoms with Crippen LogP contribution in [0.3, 0.4) is 0 Å². The van der Waals surface area contributed by atoms with E-state index in [1.807, 2.05) is 32.0 Å². The Kier molecular flexibility index (Phi) is 4.76. The Morgan fingerprint density at radius 3 is 2.95 bits per heavy atom. The Labute approximate surface area is 122 Å². The van der Waals surface area contributed by atoms with Crippen molar-refractivity contribution in [3.63, 3.8) is 0 Å². The summed E-state index contributed by atoms with van der Waals surface area (Å²) in [5, 5.41) is 9.05. The normalized spacial score (nSPS) is 10.2. The Bertz CT molecular complexity index is 624. The number of benzene rings is 1. The molecule has 21 heavy (non-hydrogen) atoms. The van der Waals surface area contributed by atoms with Gasteiger partial charge < -0.3 is 9.47 Å². The fraction of sp³-hybridized carbons (Fsp3) is 0.357. The number of aromatic nitrogens is 3. The van der Waals surface area contributed by atoms with Crippen LogP contribution < -0.4 is 14.8 Å². The highest BCUT2D eigenvalue weighted by atomic mass is 16.5. The van der Waals surface area contributed by atoms with Crippen LogP contribution in [0.25, 0.3) is 0 Å². The van der Waals surface area contributed by atoms with Gasteiger partial charge in [0.1, 0.15) is 5.75 Å². The zero-order valence-electron chi connectivity index (χ0n) is 12.3. The third-order valence-corrected chi connectivity index (χ3v) is 2.78. The molecule has 112 valence electrons. The van der Waals surface area contributed by atoms with Gasteiger partial charge in [0.2, 0.25) is 11.9 Å². The van der Waals surface area contributed by atoms with Gasteiger partial charge in [0, 0.05) is 5.56 Å². The standard InChI is InChI=1S/C14H18N4O3/c1-4-21-14-16-13(17-18-14)15-12(19)8-10-7-9(2)5-6-11(10)20-3/h5-7H,4,8H2,1-3H3,(H2,15,16,17,18,19). The number of ether oxygens (including phenoxy) is 2. The fourth-order valence-corrected chi connectivity index (χ4v) is 1.89. The first kappa shape index (κ1) is 14.8. The maximum Gasteiger partial charge on any atom is 0.337 e. The second-order valence-electron chi connectivity index (χ2n) is 4.44. The van der Waals surface area contributed by atoms with E-state index in [-0.39, 0.29) is 24.3 Å². The van der Waals surface area contributed by atoms with Gasteiger partial charge in [0.25, 0.3) is 0 Å². The number of amides is 1. The van der Waals surface area contributed by atoms with Crippen molar-refractivity contribution in [1.29, 1.82) is 0 Å². The molecule has 0 spiro atoms. The van der Waals surface area contributed by atoms with E-state index in [2.05, 4.69) is 20.5 Å². The molecule has 0 fully saturated rings. The van der Waals surface area contributed by atoms with Gasteiger partial charge in [-0.15, -0.1) is 5.10 Å². The summed E-state index contributed by atoms with van der Waals surface area (Å²) < 4.78 is 10.4. The van der Waals surface area contributed by atoms with E-state index in [9.17, 15) is 4.79 Å². The molecule has 1 amide bonds. The Balaban J connectivity index is 2.02. The molecule has 7 nitrogen and oxygen atoms in total. The molecule has 0 saturated carbocycles. The zero-order valence-corrected chi connectivity index (χ0v) is 12.3. The average Bonchev–Trinajstić information content (AvgIpc) is 2.86. The summed E-state index contributed by atoms with van der Waals surface area (Å²) in [6.07, 6.45) is 0.190. The number of H-pyrrole nitrogens is 1. The summed E-state index contributed by atoms with van der Waals surface area (Å²) in [6.45, 7) is 4.26. The lowest BCUT2D eigenvalue weighted by molar-refractivity contribution is -0.115. The molecule has 2 rings (SSSR count). The molecule has 1 heterocycles. The van der Waals surface area contributed by atoms with Gasteiger partial charge in [-0.3, -0.25) is 10.1 Å². The Morgan fingerprint density at radius 1 is 1.43 bits per heavy atom. The van der Waals surface area contributed by atoms with Gasteiger partial charge in [0.15, 0.2) is 0 Å². The molecule has 0 aliphatic heterocycles. The second kappa shape index (κ2) is 6.74. The van der Waals surface area contributed by atoms with Gasteiger partial charge in [-0.05, 0) is 19.9 Å². The fourth-order valence-electron chi connectivity index (χ4n) is 1.89. The molecule has 0 aliphatic carbocycles. The summed E-state index contributed by atoms with van der Waals surface area (Å²) in [5.41, 5.74) is 1.89. The van der Waals surface area contributed by atoms with E-state index in [0.29, 0.717) is 12.4 Å². The minimum Gasteiger partial charge on any atom is -0.496 e. The van der Waals surface area contributed by atoms with E-state index >= 15 is 0 Å². The monoisotopic (exact) mass is 290 g/mol. The number of anilines is 1. The summed E-state index contributed by atoms with van der Waals surface area (Å²) in [7, 11) is 1.58. The van der Waals surface area contributed by atoms with Crippen molar-refractivity contribution in [2.75, 3.05) is 19.0 Å². The highest BCUT2D eigenvalue weighted by Gasteiger charge is 2.11. The molecule has 0 saturated heterocycles. The van der Waals surface area contributed by atoms with Crippen LogP contribution in [0.2, 0.25) is 0 Å². The Morgan fingerprint density at radius 2 is 2.24 bits per heavy atom. The van der Waals surface area contributed by atoms with Gasteiger partial charge in [-0.2, -0.15) is 4.98 Å². The molecule has 0 bridgehead atoms. The number of rotatable bonds is 6. The first-order chi connectivity index (χ1) is 10.1. The number of aromatic amines is 1. The number of carbonyl (C=O) groups excluding carboxylic acids is 1. The minimum absolute atomic E-state index is 0.190. The van der Waals surface area contributed by atoms with Crippen molar-refractivity contribution in [1.82, 2.24) is 15.2 Å². The van der Waals surface area contributed by atoms with E-state index in [1.54, 1.807) is 7.11 Å². The number of hydrogen-bond donors (Lipinski definition) is 2. The van der Waals surface area contributed by atoms with Crippen molar-refractivity contribution >= 4 is 11.9 Å².